The predicted octanol–water partition coefficient (Wildman–Crippen LogP) is 5.44. The lowest BCUT2D eigenvalue weighted by molar-refractivity contribution is -0.140. The highest BCUT2D eigenvalue weighted by atomic mass is 35.5. The predicted molar refractivity (Wildman–Crippen MR) is 152 cm³/mol. The van der Waals surface area contributed by atoms with Gasteiger partial charge in [-0.05, 0) is 56.2 Å². The fourth-order valence-corrected chi connectivity index (χ4v) is 5.88. The van der Waals surface area contributed by atoms with Crippen molar-refractivity contribution in [2.75, 3.05) is 17.4 Å². The summed E-state index contributed by atoms with van der Waals surface area (Å²) < 4.78 is 28.7. The highest BCUT2D eigenvalue weighted by Gasteiger charge is 2.34. The minimum atomic E-state index is -4.23. The maximum absolute atomic E-state index is 13.9. The zero-order valence-electron chi connectivity index (χ0n) is 21.5. The van der Waals surface area contributed by atoms with Crippen molar-refractivity contribution >= 4 is 50.7 Å². The Labute approximate surface area is 234 Å². The number of likely N-dealkylation sites (N-methyl/N-ethyl adjacent to an activating group) is 1. The number of hydrogen-bond donors (Lipinski definition) is 1. The van der Waals surface area contributed by atoms with Gasteiger partial charge in [-0.1, -0.05) is 78.2 Å². The first-order valence-electron chi connectivity index (χ1n) is 12.2. The zero-order valence-corrected chi connectivity index (χ0v) is 23.9. The lowest BCUT2D eigenvalue weighted by Gasteiger charge is -2.33. The third-order valence-corrected chi connectivity index (χ3v) is 8.33. The van der Waals surface area contributed by atoms with Gasteiger partial charge < -0.3 is 10.2 Å². The Bertz CT molecular complexity index is 1370. The number of benzene rings is 3. The highest BCUT2D eigenvalue weighted by Crippen LogP contribution is 2.33. The van der Waals surface area contributed by atoms with Crippen LogP contribution in [-0.4, -0.2) is 44.3 Å². The average Bonchev–Trinajstić information content (AvgIpc) is 2.89. The summed E-state index contributed by atoms with van der Waals surface area (Å²) in [5.74, 6) is -0.869. The molecule has 202 valence electrons. The van der Waals surface area contributed by atoms with E-state index in [2.05, 4.69) is 5.32 Å². The summed E-state index contributed by atoms with van der Waals surface area (Å²) in [6.45, 7) is 5.38. The molecule has 0 bridgehead atoms. The Morgan fingerprint density at radius 1 is 0.947 bits per heavy atom. The Kier molecular flexibility index (Phi) is 10.2. The van der Waals surface area contributed by atoms with Gasteiger partial charge in [0.25, 0.3) is 10.0 Å². The van der Waals surface area contributed by atoms with Gasteiger partial charge in [-0.15, -0.1) is 0 Å². The molecule has 1 N–H and O–H groups in total. The van der Waals surface area contributed by atoms with Gasteiger partial charge in [-0.2, -0.15) is 0 Å². The lowest BCUT2D eigenvalue weighted by atomic mass is 10.1. The van der Waals surface area contributed by atoms with Gasteiger partial charge in [-0.25, -0.2) is 8.42 Å². The van der Waals surface area contributed by atoms with Crippen LogP contribution in [0.2, 0.25) is 10.0 Å². The monoisotopic (exact) mass is 575 g/mol. The first-order valence-corrected chi connectivity index (χ1v) is 14.4. The molecule has 1 atom stereocenters. The second-order valence-corrected chi connectivity index (χ2v) is 11.5. The normalized spacial score (nSPS) is 12.0. The summed E-state index contributed by atoms with van der Waals surface area (Å²) in [4.78, 5) is 28.3. The van der Waals surface area contributed by atoms with Gasteiger partial charge in [0.05, 0.1) is 15.6 Å². The Morgan fingerprint density at radius 3 is 2.21 bits per heavy atom. The molecule has 3 rings (SSSR count). The number of hydrogen-bond acceptors (Lipinski definition) is 4. The van der Waals surface area contributed by atoms with Crippen LogP contribution >= 0.6 is 23.2 Å². The molecule has 0 radical (unpaired) electrons. The van der Waals surface area contributed by atoms with Crippen LogP contribution in [0.1, 0.15) is 31.4 Å². The van der Waals surface area contributed by atoms with Gasteiger partial charge in [0.2, 0.25) is 11.8 Å². The average molecular weight is 577 g/mol. The number of rotatable bonds is 11. The van der Waals surface area contributed by atoms with Crippen LogP contribution in [0.5, 0.6) is 0 Å². The van der Waals surface area contributed by atoms with E-state index in [1.807, 2.05) is 37.3 Å². The van der Waals surface area contributed by atoms with Crippen molar-refractivity contribution in [2.24, 2.45) is 0 Å². The van der Waals surface area contributed by atoms with Crippen LogP contribution in [0.4, 0.5) is 5.69 Å². The molecule has 0 spiro atoms. The van der Waals surface area contributed by atoms with Crippen LogP contribution < -0.4 is 9.62 Å². The molecule has 3 aromatic carbocycles. The summed E-state index contributed by atoms with van der Waals surface area (Å²) in [6, 6.07) is 19.2. The maximum atomic E-state index is 13.9. The van der Waals surface area contributed by atoms with Gasteiger partial charge in [-0.3, -0.25) is 13.9 Å². The minimum absolute atomic E-state index is 0.00248. The smallest absolute Gasteiger partial charge is 0.264 e. The van der Waals surface area contributed by atoms with Crippen molar-refractivity contribution in [3.63, 3.8) is 0 Å². The van der Waals surface area contributed by atoms with Gasteiger partial charge in [0.1, 0.15) is 12.6 Å². The second-order valence-electron chi connectivity index (χ2n) is 8.75. The van der Waals surface area contributed by atoms with E-state index in [4.69, 9.17) is 23.2 Å². The van der Waals surface area contributed by atoms with Crippen LogP contribution in [0, 0.1) is 6.92 Å². The number of carbonyl (C=O) groups is 2. The molecular formula is C28H31Cl2N3O4S. The summed E-state index contributed by atoms with van der Waals surface area (Å²) in [7, 11) is -4.23. The van der Waals surface area contributed by atoms with Crippen LogP contribution in [0.15, 0.2) is 77.7 Å². The third kappa shape index (κ3) is 7.07. The molecule has 1 unspecified atom stereocenters. The van der Waals surface area contributed by atoms with Gasteiger partial charge in [0, 0.05) is 18.1 Å². The van der Waals surface area contributed by atoms with Crippen LogP contribution in [0.25, 0.3) is 0 Å². The quantitative estimate of drug-likeness (QED) is 0.330. The standard InChI is InChI=1S/C28H31Cl2N3O4S/c1-4-25(28(35)31-5-2)32(18-21-9-7-6-8-10-21)27(34)19-33(26-17-22(29)13-16-24(26)30)38(36,37)23-14-11-20(3)12-15-23/h6-17,25H,4-5,18-19H2,1-3H3,(H,31,35). The number of nitrogens with zero attached hydrogens (tertiary/aromatic N) is 2. The van der Waals surface area contributed by atoms with Crippen molar-refractivity contribution in [2.45, 2.75) is 44.7 Å². The van der Waals surface area contributed by atoms with E-state index in [1.165, 1.54) is 35.2 Å². The molecule has 38 heavy (non-hydrogen) atoms. The van der Waals surface area contributed by atoms with E-state index >= 15 is 0 Å². The zero-order chi connectivity index (χ0) is 27.9. The highest BCUT2D eigenvalue weighted by molar-refractivity contribution is 7.92. The molecule has 0 heterocycles. The van der Waals surface area contributed by atoms with Gasteiger partial charge in [0.15, 0.2) is 0 Å². The molecule has 0 saturated carbocycles. The van der Waals surface area contributed by atoms with Gasteiger partial charge >= 0.3 is 0 Å². The molecule has 3 aromatic rings. The molecular weight excluding hydrogens is 545 g/mol. The van der Waals surface area contributed by atoms with E-state index in [9.17, 15) is 18.0 Å². The molecule has 0 aromatic heterocycles. The summed E-state index contributed by atoms with van der Waals surface area (Å²) in [5, 5.41) is 3.15. The lowest BCUT2D eigenvalue weighted by Crippen LogP contribution is -2.52. The van der Waals surface area contributed by atoms with E-state index in [-0.39, 0.29) is 33.1 Å². The largest absolute Gasteiger partial charge is 0.355 e. The number of carbonyl (C=O) groups excluding carboxylic acids is 2. The van der Waals surface area contributed by atoms with Crippen molar-refractivity contribution in [3.8, 4) is 0 Å². The number of nitrogens with one attached hydrogen (secondary N) is 1. The molecule has 0 saturated heterocycles. The van der Waals surface area contributed by atoms with Crippen molar-refractivity contribution in [3.05, 3.63) is 94.0 Å². The van der Waals surface area contributed by atoms with E-state index in [0.29, 0.717) is 13.0 Å². The molecule has 10 heteroatoms. The maximum Gasteiger partial charge on any atom is 0.264 e. The topological polar surface area (TPSA) is 86.8 Å². The number of anilines is 1. The number of aryl methyl sites for hydroxylation is 1. The number of halogens is 2. The van der Waals surface area contributed by atoms with E-state index < -0.39 is 28.5 Å². The molecule has 2 amide bonds. The van der Waals surface area contributed by atoms with Crippen molar-refractivity contribution in [1.29, 1.82) is 0 Å². The Balaban J connectivity index is 2.09. The van der Waals surface area contributed by atoms with Crippen molar-refractivity contribution in [1.82, 2.24) is 10.2 Å². The number of sulfonamides is 1. The molecule has 0 aliphatic carbocycles. The van der Waals surface area contributed by atoms with Crippen LogP contribution in [-0.2, 0) is 26.2 Å². The fourth-order valence-electron chi connectivity index (χ4n) is 4.02. The molecule has 0 aliphatic heterocycles. The first-order chi connectivity index (χ1) is 18.1. The summed E-state index contributed by atoms with van der Waals surface area (Å²) in [6.07, 6.45) is 0.340. The third-order valence-electron chi connectivity index (χ3n) is 6.00. The van der Waals surface area contributed by atoms with E-state index in [0.717, 1.165) is 15.4 Å². The van der Waals surface area contributed by atoms with E-state index in [1.54, 1.807) is 26.0 Å². The first kappa shape index (κ1) is 29.5. The summed E-state index contributed by atoms with van der Waals surface area (Å²) >= 11 is 12.6. The fraction of sp³-hybridized carbons (Fsp3) is 0.286. The minimum Gasteiger partial charge on any atom is -0.355 e. The molecule has 0 fully saturated rings. The molecule has 0 aliphatic rings. The Morgan fingerprint density at radius 2 is 1.61 bits per heavy atom. The van der Waals surface area contributed by atoms with Crippen LogP contribution in [0.3, 0.4) is 0 Å². The second kappa shape index (κ2) is 13.1. The number of amides is 2. The Hall–Kier alpha value is -3.07. The molecule has 7 nitrogen and oxygen atoms in total. The van der Waals surface area contributed by atoms with Crippen molar-refractivity contribution < 1.29 is 18.0 Å². The SMILES string of the molecule is CCNC(=O)C(CC)N(Cc1ccccc1)C(=O)CN(c1cc(Cl)ccc1Cl)S(=O)(=O)c1ccc(C)cc1. The summed E-state index contributed by atoms with van der Waals surface area (Å²) in [5.41, 5.74) is 1.75.